The van der Waals surface area contributed by atoms with Crippen molar-refractivity contribution in [1.29, 1.82) is 0 Å². The Kier molecular flexibility index (Phi) is 10.4. The third kappa shape index (κ3) is 7.11. The largest absolute Gasteiger partial charge is 0.395 e. The number of piperazine rings is 1. The van der Waals surface area contributed by atoms with Crippen molar-refractivity contribution in [1.82, 2.24) is 9.80 Å². The smallest absolute Gasteiger partial charge is 0.238 e. The Labute approximate surface area is 138 Å². The van der Waals surface area contributed by atoms with Gasteiger partial charge in [0, 0.05) is 38.4 Å². The molecule has 1 aromatic rings. The number of halogens is 2. The molecule has 1 aromatic carbocycles. The van der Waals surface area contributed by atoms with Crippen LogP contribution < -0.4 is 5.32 Å². The summed E-state index contributed by atoms with van der Waals surface area (Å²) in [6.45, 7) is 4.95. The molecule has 0 saturated carbocycles. The Morgan fingerprint density at radius 3 is 2.19 bits per heavy atom. The van der Waals surface area contributed by atoms with E-state index in [1.807, 2.05) is 30.3 Å². The number of anilines is 1. The molecule has 1 saturated heterocycles. The molecule has 0 spiro atoms. The number of hydrogen-bond donors (Lipinski definition) is 2. The van der Waals surface area contributed by atoms with Gasteiger partial charge in [0.25, 0.3) is 0 Å². The summed E-state index contributed by atoms with van der Waals surface area (Å²) in [7, 11) is 0. The van der Waals surface area contributed by atoms with Crippen LogP contribution in [0.25, 0.3) is 0 Å². The molecule has 0 atom stereocenters. The number of para-hydroxylation sites is 1. The van der Waals surface area contributed by atoms with E-state index in [4.69, 9.17) is 5.11 Å². The van der Waals surface area contributed by atoms with Gasteiger partial charge in [-0.2, -0.15) is 0 Å². The fourth-order valence-corrected chi connectivity index (χ4v) is 2.24. The molecule has 1 aliphatic heterocycles. The predicted octanol–water partition coefficient (Wildman–Crippen LogP) is 1.08. The minimum atomic E-state index is 0. The van der Waals surface area contributed by atoms with Gasteiger partial charge in [-0.05, 0) is 12.1 Å². The number of hydrogen-bond acceptors (Lipinski definition) is 4. The van der Waals surface area contributed by atoms with Crippen molar-refractivity contribution in [2.24, 2.45) is 0 Å². The summed E-state index contributed by atoms with van der Waals surface area (Å²) in [6.07, 6.45) is 0. The minimum absolute atomic E-state index is 0. The highest BCUT2D eigenvalue weighted by Crippen LogP contribution is 2.06. The first-order chi connectivity index (χ1) is 9.28. The molecule has 21 heavy (non-hydrogen) atoms. The van der Waals surface area contributed by atoms with Gasteiger partial charge in [0.2, 0.25) is 5.91 Å². The molecule has 2 rings (SSSR count). The number of nitrogens with zero attached hydrogens (tertiary/aromatic N) is 2. The summed E-state index contributed by atoms with van der Waals surface area (Å²) in [5, 5.41) is 11.8. The van der Waals surface area contributed by atoms with Crippen LogP contribution in [0, 0.1) is 0 Å². The van der Waals surface area contributed by atoms with Gasteiger partial charge in [0.05, 0.1) is 13.2 Å². The van der Waals surface area contributed by atoms with Gasteiger partial charge in [-0.25, -0.2) is 0 Å². The second-order valence-electron chi connectivity index (χ2n) is 4.76. The van der Waals surface area contributed by atoms with E-state index in [0.717, 1.165) is 38.4 Å². The van der Waals surface area contributed by atoms with Gasteiger partial charge in [0.1, 0.15) is 0 Å². The maximum atomic E-state index is 11.9. The molecule has 0 aliphatic carbocycles. The summed E-state index contributed by atoms with van der Waals surface area (Å²) >= 11 is 0. The summed E-state index contributed by atoms with van der Waals surface area (Å²) in [4.78, 5) is 16.2. The molecule has 2 N–H and O–H groups in total. The maximum absolute atomic E-state index is 11.9. The average Bonchev–Trinajstić information content (AvgIpc) is 2.42. The maximum Gasteiger partial charge on any atom is 0.238 e. The van der Waals surface area contributed by atoms with Crippen LogP contribution in [-0.4, -0.2) is 66.7 Å². The Morgan fingerprint density at radius 1 is 1.05 bits per heavy atom. The number of aliphatic hydroxyl groups is 1. The van der Waals surface area contributed by atoms with Crippen LogP contribution in [0.2, 0.25) is 0 Å². The van der Waals surface area contributed by atoms with Gasteiger partial charge in [-0.1, -0.05) is 18.2 Å². The Hall–Kier alpha value is -0.850. The summed E-state index contributed by atoms with van der Waals surface area (Å²) in [6, 6.07) is 9.51. The summed E-state index contributed by atoms with van der Waals surface area (Å²) in [5.74, 6) is 0.0295. The van der Waals surface area contributed by atoms with Crippen LogP contribution >= 0.6 is 24.8 Å². The lowest BCUT2D eigenvalue weighted by Gasteiger charge is -2.33. The lowest BCUT2D eigenvalue weighted by atomic mass is 10.3. The Morgan fingerprint density at radius 2 is 1.62 bits per heavy atom. The molecular formula is C14H23Cl2N3O2. The molecule has 0 radical (unpaired) electrons. The number of amides is 1. The molecule has 1 amide bonds. The van der Waals surface area contributed by atoms with E-state index in [1.54, 1.807) is 0 Å². The SMILES string of the molecule is Cl.Cl.O=C(CN1CCN(CCO)CC1)Nc1ccccc1. The number of benzene rings is 1. The minimum Gasteiger partial charge on any atom is -0.395 e. The number of rotatable bonds is 5. The Bertz CT molecular complexity index is 398. The van der Waals surface area contributed by atoms with E-state index >= 15 is 0 Å². The number of nitrogens with one attached hydrogen (secondary N) is 1. The van der Waals surface area contributed by atoms with Gasteiger partial charge < -0.3 is 10.4 Å². The highest BCUT2D eigenvalue weighted by molar-refractivity contribution is 5.92. The monoisotopic (exact) mass is 335 g/mol. The van der Waals surface area contributed by atoms with Crippen molar-refractivity contribution < 1.29 is 9.90 Å². The number of carbonyl (C=O) groups excluding carboxylic acids is 1. The molecule has 0 unspecified atom stereocenters. The summed E-state index contributed by atoms with van der Waals surface area (Å²) in [5.41, 5.74) is 0.839. The third-order valence-electron chi connectivity index (χ3n) is 3.31. The van der Waals surface area contributed by atoms with Crippen molar-refractivity contribution >= 4 is 36.4 Å². The van der Waals surface area contributed by atoms with E-state index in [9.17, 15) is 4.79 Å². The van der Waals surface area contributed by atoms with Crippen LogP contribution in [-0.2, 0) is 4.79 Å². The molecular weight excluding hydrogens is 313 g/mol. The van der Waals surface area contributed by atoms with Crippen molar-refractivity contribution in [3.05, 3.63) is 30.3 Å². The standard InChI is InChI=1S/C14H21N3O2.2ClH/c18-11-10-16-6-8-17(9-7-16)12-14(19)15-13-4-2-1-3-5-13;;/h1-5,18H,6-12H2,(H,15,19);2*1H. The van der Waals surface area contributed by atoms with Crippen molar-refractivity contribution in [2.45, 2.75) is 0 Å². The van der Waals surface area contributed by atoms with Gasteiger partial charge in [-0.3, -0.25) is 14.6 Å². The van der Waals surface area contributed by atoms with Gasteiger partial charge in [0.15, 0.2) is 0 Å². The Balaban J connectivity index is 0.00000200. The van der Waals surface area contributed by atoms with Gasteiger partial charge >= 0.3 is 0 Å². The van der Waals surface area contributed by atoms with Crippen LogP contribution in [0.15, 0.2) is 30.3 Å². The fourth-order valence-electron chi connectivity index (χ4n) is 2.24. The van der Waals surface area contributed by atoms with Crippen LogP contribution in [0.4, 0.5) is 5.69 Å². The van der Waals surface area contributed by atoms with E-state index in [0.29, 0.717) is 6.54 Å². The first-order valence-electron chi connectivity index (χ1n) is 6.68. The fraction of sp³-hybridized carbons (Fsp3) is 0.500. The number of aliphatic hydroxyl groups excluding tert-OH is 1. The third-order valence-corrected chi connectivity index (χ3v) is 3.31. The molecule has 1 aliphatic rings. The van der Waals surface area contributed by atoms with Crippen molar-refractivity contribution in [3.8, 4) is 0 Å². The molecule has 5 nitrogen and oxygen atoms in total. The highest BCUT2D eigenvalue weighted by Gasteiger charge is 2.18. The van der Waals surface area contributed by atoms with E-state index in [1.165, 1.54) is 0 Å². The quantitative estimate of drug-likeness (QED) is 0.845. The first kappa shape index (κ1) is 20.1. The molecule has 120 valence electrons. The zero-order chi connectivity index (χ0) is 13.5. The summed E-state index contributed by atoms with van der Waals surface area (Å²) < 4.78 is 0. The zero-order valence-electron chi connectivity index (χ0n) is 11.9. The molecule has 7 heteroatoms. The highest BCUT2D eigenvalue weighted by atomic mass is 35.5. The second kappa shape index (κ2) is 10.8. The van der Waals surface area contributed by atoms with Gasteiger partial charge in [-0.15, -0.1) is 24.8 Å². The normalized spacial score (nSPS) is 15.7. The number of carbonyl (C=O) groups is 1. The van der Waals surface area contributed by atoms with E-state index in [-0.39, 0.29) is 37.3 Å². The molecule has 0 bridgehead atoms. The lowest BCUT2D eigenvalue weighted by molar-refractivity contribution is -0.117. The molecule has 1 fully saturated rings. The van der Waals surface area contributed by atoms with Crippen molar-refractivity contribution in [2.75, 3.05) is 51.2 Å². The van der Waals surface area contributed by atoms with Crippen LogP contribution in [0.5, 0.6) is 0 Å². The van der Waals surface area contributed by atoms with Crippen molar-refractivity contribution in [3.63, 3.8) is 0 Å². The van der Waals surface area contributed by atoms with E-state index < -0.39 is 0 Å². The lowest BCUT2D eigenvalue weighted by Crippen LogP contribution is -2.49. The topological polar surface area (TPSA) is 55.8 Å². The zero-order valence-corrected chi connectivity index (χ0v) is 13.5. The first-order valence-corrected chi connectivity index (χ1v) is 6.68. The predicted molar refractivity (Wildman–Crippen MR) is 89.5 cm³/mol. The number of β-amino-alcohol motifs (C(OH)–C–C–N with tert-alkyl or cyclic N) is 1. The van der Waals surface area contributed by atoms with E-state index in [2.05, 4.69) is 15.1 Å². The van der Waals surface area contributed by atoms with Crippen LogP contribution in [0.1, 0.15) is 0 Å². The van der Waals surface area contributed by atoms with Crippen LogP contribution in [0.3, 0.4) is 0 Å². The molecule has 0 aromatic heterocycles. The average molecular weight is 336 g/mol. The second-order valence-corrected chi connectivity index (χ2v) is 4.76. The molecule has 1 heterocycles.